The number of rotatable bonds is 9. The second-order valence-electron chi connectivity index (χ2n) is 8.39. The quantitative estimate of drug-likeness (QED) is 0.443. The molecule has 0 radical (unpaired) electrons. The number of carbonyl (C=O) groups excluding carboxylic acids is 2. The van der Waals surface area contributed by atoms with Gasteiger partial charge in [-0.3, -0.25) is 4.79 Å². The number of aromatic nitrogens is 1. The Balaban J connectivity index is 1.74. The summed E-state index contributed by atoms with van der Waals surface area (Å²) in [5.74, 6) is 0.790. The number of para-hydroxylation sites is 1. The Morgan fingerprint density at radius 2 is 1.75 bits per heavy atom. The average Bonchev–Trinajstić information content (AvgIpc) is 3.30. The van der Waals surface area contributed by atoms with E-state index in [1.807, 2.05) is 49.4 Å². The van der Waals surface area contributed by atoms with Gasteiger partial charge in [0, 0.05) is 11.9 Å². The van der Waals surface area contributed by atoms with Crippen molar-refractivity contribution in [3.63, 3.8) is 0 Å². The first-order valence-corrected chi connectivity index (χ1v) is 11.9. The van der Waals surface area contributed by atoms with Crippen LogP contribution in [0.5, 0.6) is 17.2 Å². The molecule has 8 nitrogen and oxygen atoms in total. The maximum atomic E-state index is 13.2. The lowest BCUT2D eigenvalue weighted by atomic mass is 10.0. The third kappa shape index (κ3) is 4.98. The van der Waals surface area contributed by atoms with Gasteiger partial charge in [0.05, 0.1) is 38.1 Å². The molecular weight excluding hydrogens is 460 g/mol. The molecule has 188 valence electrons. The van der Waals surface area contributed by atoms with Crippen LogP contribution >= 0.6 is 0 Å². The van der Waals surface area contributed by atoms with Crippen molar-refractivity contribution in [1.29, 1.82) is 0 Å². The molecule has 0 atom stereocenters. The summed E-state index contributed by atoms with van der Waals surface area (Å²) in [6, 6.07) is 11.2. The van der Waals surface area contributed by atoms with E-state index >= 15 is 0 Å². The van der Waals surface area contributed by atoms with Crippen LogP contribution in [0, 0.1) is 0 Å². The SMILES string of the molecule is CCCNC(=O)COC(=O)c1c2c(nc3ccccc13)/C(=C/c1cc(OC)c(OC)c(OC)c1)CC2. The molecule has 0 saturated carbocycles. The molecule has 2 aromatic carbocycles. The zero-order chi connectivity index (χ0) is 25.7. The second-order valence-corrected chi connectivity index (χ2v) is 8.39. The van der Waals surface area contributed by atoms with E-state index in [9.17, 15) is 9.59 Å². The molecule has 3 aromatic rings. The van der Waals surface area contributed by atoms with Crippen molar-refractivity contribution in [3.05, 3.63) is 58.8 Å². The predicted octanol–water partition coefficient (Wildman–Crippen LogP) is 4.43. The van der Waals surface area contributed by atoms with Crippen molar-refractivity contribution in [2.75, 3.05) is 34.5 Å². The van der Waals surface area contributed by atoms with Gasteiger partial charge in [-0.25, -0.2) is 9.78 Å². The molecule has 1 amide bonds. The molecule has 1 heterocycles. The number of allylic oxidation sites excluding steroid dienone is 1. The number of amides is 1. The van der Waals surface area contributed by atoms with Gasteiger partial charge in [0.25, 0.3) is 5.91 Å². The molecule has 1 N–H and O–H groups in total. The van der Waals surface area contributed by atoms with Gasteiger partial charge in [-0.15, -0.1) is 0 Å². The molecule has 4 rings (SSSR count). The average molecular weight is 491 g/mol. The number of benzene rings is 2. The van der Waals surface area contributed by atoms with Crippen LogP contribution in [0.2, 0.25) is 0 Å². The van der Waals surface area contributed by atoms with E-state index in [1.54, 1.807) is 21.3 Å². The number of esters is 1. The van der Waals surface area contributed by atoms with Crippen molar-refractivity contribution >= 4 is 34.4 Å². The number of methoxy groups -OCH3 is 3. The van der Waals surface area contributed by atoms with E-state index in [0.29, 0.717) is 53.1 Å². The lowest BCUT2D eigenvalue weighted by Crippen LogP contribution is -2.29. The molecule has 0 aliphatic heterocycles. The number of ether oxygens (including phenoxy) is 4. The van der Waals surface area contributed by atoms with Crippen LogP contribution in [0.3, 0.4) is 0 Å². The Labute approximate surface area is 210 Å². The minimum absolute atomic E-state index is 0.316. The molecule has 36 heavy (non-hydrogen) atoms. The van der Waals surface area contributed by atoms with E-state index in [0.717, 1.165) is 28.8 Å². The maximum Gasteiger partial charge on any atom is 0.339 e. The fourth-order valence-corrected chi connectivity index (χ4v) is 4.42. The number of hydrogen-bond donors (Lipinski definition) is 1. The van der Waals surface area contributed by atoms with Crippen LogP contribution in [0.25, 0.3) is 22.6 Å². The van der Waals surface area contributed by atoms with Crippen LogP contribution < -0.4 is 19.5 Å². The van der Waals surface area contributed by atoms with E-state index in [4.69, 9.17) is 23.9 Å². The number of nitrogens with one attached hydrogen (secondary N) is 1. The topological polar surface area (TPSA) is 96.0 Å². The van der Waals surface area contributed by atoms with Crippen molar-refractivity contribution in [3.8, 4) is 17.2 Å². The van der Waals surface area contributed by atoms with Gasteiger partial charge in [0.1, 0.15) is 0 Å². The van der Waals surface area contributed by atoms with Crippen LogP contribution in [-0.4, -0.2) is 51.3 Å². The Morgan fingerprint density at radius 3 is 2.42 bits per heavy atom. The van der Waals surface area contributed by atoms with Gasteiger partial charge in [-0.1, -0.05) is 25.1 Å². The van der Waals surface area contributed by atoms with Gasteiger partial charge < -0.3 is 24.3 Å². The van der Waals surface area contributed by atoms with Crippen molar-refractivity contribution < 1.29 is 28.5 Å². The number of pyridine rings is 1. The first-order chi connectivity index (χ1) is 17.5. The number of nitrogens with zero attached hydrogens (tertiary/aromatic N) is 1. The van der Waals surface area contributed by atoms with Gasteiger partial charge in [-0.2, -0.15) is 0 Å². The Morgan fingerprint density at radius 1 is 1.03 bits per heavy atom. The third-order valence-electron chi connectivity index (χ3n) is 6.08. The normalized spacial score (nSPS) is 13.4. The molecular formula is C28H30N2O6. The minimum atomic E-state index is -0.523. The van der Waals surface area contributed by atoms with Crippen molar-refractivity contribution in [1.82, 2.24) is 10.3 Å². The Hall–Kier alpha value is -4.07. The van der Waals surface area contributed by atoms with Gasteiger partial charge in [0.15, 0.2) is 18.1 Å². The maximum absolute atomic E-state index is 13.2. The third-order valence-corrected chi connectivity index (χ3v) is 6.08. The molecule has 1 aliphatic carbocycles. The minimum Gasteiger partial charge on any atom is -0.493 e. The standard InChI is InChI=1S/C28H30N2O6/c1-5-12-29-24(31)16-36-28(32)25-19-8-6-7-9-21(19)30-26-18(10-11-20(25)26)13-17-14-22(33-2)27(35-4)23(15-17)34-3/h6-9,13-15H,5,10-12,16H2,1-4H3,(H,29,31)/b18-13+. The fourth-order valence-electron chi connectivity index (χ4n) is 4.42. The van der Waals surface area contributed by atoms with Crippen LogP contribution in [-0.2, 0) is 16.0 Å². The molecule has 0 bridgehead atoms. The summed E-state index contributed by atoms with van der Waals surface area (Å²) in [6.45, 7) is 2.18. The molecule has 0 spiro atoms. The fraction of sp³-hybridized carbons (Fsp3) is 0.321. The zero-order valence-electron chi connectivity index (χ0n) is 21.0. The van der Waals surface area contributed by atoms with Crippen molar-refractivity contribution in [2.45, 2.75) is 26.2 Å². The van der Waals surface area contributed by atoms with Crippen LogP contribution in [0.1, 0.15) is 46.9 Å². The highest BCUT2D eigenvalue weighted by Gasteiger charge is 2.28. The largest absolute Gasteiger partial charge is 0.493 e. The molecule has 0 saturated heterocycles. The molecule has 8 heteroatoms. The summed E-state index contributed by atoms with van der Waals surface area (Å²) in [4.78, 5) is 30.1. The number of fused-ring (bicyclic) bond motifs is 2. The highest BCUT2D eigenvalue weighted by molar-refractivity contribution is 6.07. The lowest BCUT2D eigenvalue weighted by Gasteiger charge is -2.14. The summed E-state index contributed by atoms with van der Waals surface area (Å²) in [5, 5.41) is 3.44. The van der Waals surface area contributed by atoms with E-state index < -0.39 is 5.97 Å². The van der Waals surface area contributed by atoms with Gasteiger partial charge >= 0.3 is 5.97 Å². The molecule has 1 aromatic heterocycles. The highest BCUT2D eigenvalue weighted by atomic mass is 16.5. The lowest BCUT2D eigenvalue weighted by molar-refractivity contribution is -0.124. The molecule has 1 aliphatic rings. The predicted molar refractivity (Wildman–Crippen MR) is 138 cm³/mol. The summed E-state index contributed by atoms with van der Waals surface area (Å²) in [7, 11) is 4.72. The number of carbonyl (C=O) groups is 2. The summed E-state index contributed by atoms with van der Waals surface area (Å²) >= 11 is 0. The summed E-state index contributed by atoms with van der Waals surface area (Å²) < 4.78 is 21.8. The summed E-state index contributed by atoms with van der Waals surface area (Å²) in [6.07, 6.45) is 4.16. The highest BCUT2D eigenvalue weighted by Crippen LogP contribution is 2.41. The second kappa shape index (κ2) is 11.1. The monoisotopic (exact) mass is 490 g/mol. The van der Waals surface area contributed by atoms with Gasteiger partial charge in [-0.05, 0) is 60.2 Å². The molecule has 0 fully saturated rings. The first kappa shape index (κ1) is 25.0. The summed E-state index contributed by atoms with van der Waals surface area (Å²) in [5.41, 5.74) is 4.58. The Bertz CT molecular complexity index is 1310. The zero-order valence-corrected chi connectivity index (χ0v) is 21.0. The van der Waals surface area contributed by atoms with E-state index in [1.165, 1.54) is 0 Å². The molecule has 0 unspecified atom stereocenters. The number of hydrogen-bond acceptors (Lipinski definition) is 7. The Kier molecular flexibility index (Phi) is 7.73. The smallest absolute Gasteiger partial charge is 0.339 e. The van der Waals surface area contributed by atoms with Gasteiger partial charge in [0.2, 0.25) is 5.75 Å². The van der Waals surface area contributed by atoms with Crippen LogP contribution in [0.15, 0.2) is 36.4 Å². The van der Waals surface area contributed by atoms with Crippen LogP contribution in [0.4, 0.5) is 0 Å². The van der Waals surface area contributed by atoms with E-state index in [-0.39, 0.29) is 12.5 Å². The van der Waals surface area contributed by atoms with E-state index in [2.05, 4.69) is 5.32 Å². The first-order valence-electron chi connectivity index (χ1n) is 11.9. The van der Waals surface area contributed by atoms with Crippen molar-refractivity contribution in [2.24, 2.45) is 0 Å².